The summed E-state index contributed by atoms with van der Waals surface area (Å²) in [6.45, 7) is 7.34. The molecule has 2 rings (SSSR count). The van der Waals surface area contributed by atoms with Crippen LogP contribution in [0.2, 0.25) is 0 Å². The van der Waals surface area contributed by atoms with E-state index in [1.807, 2.05) is 0 Å². The van der Waals surface area contributed by atoms with Gasteiger partial charge >= 0.3 is 0 Å². The van der Waals surface area contributed by atoms with Gasteiger partial charge in [-0.3, -0.25) is 0 Å². The highest BCUT2D eigenvalue weighted by atomic mass is 32.2. The zero-order chi connectivity index (χ0) is 9.36. The minimum absolute atomic E-state index is 0.525. The van der Waals surface area contributed by atoms with E-state index in [2.05, 4.69) is 30.9 Å². The van der Waals surface area contributed by atoms with E-state index in [1.165, 1.54) is 44.5 Å². The lowest BCUT2D eigenvalue weighted by atomic mass is 9.72. The molecule has 0 radical (unpaired) electrons. The van der Waals surface area contributed by atoms with Crippen LogP contribution < -0.4 is 5.32 Å². The maximum atomic E-state index is 3.57. The van der Waals surface area contributed by atoms with Crippen molar-refractivity contribution in [3.05, 3.63) is 0 Å². The second-order valence-electron chi connectivity index (χ2n) is 5.32. The summed E-state index contributed by atoms with van der Waals surface area (Å²) in [7, 11) is 0. The molecule has 0 aromatic heterocycles. The van der Waals surface area contributed by atoms with Crippen molar-refractivity contribution in [1.29, 1.82) is 0 Å². The molecule has 2 saturated heterocycles. The van der Waals surface area contributed by atoms with Gasteiger partial charge in [-0.05, 0) is 43.4 Å². The van der Waals surface area contributed by atoms with E-state index in [-0.39, 0.29) is 0 Å². The third-order valence-corrected chi connectivity index (χ3v) is 4.82. The first-order chi connectivity index (χ1) is 6.12. The first-order valence-electron chi connectivity index (χ1n) is 5.47. The van der Waals surface area contributed by atoms with Gasteiger partial charge in [0.15, 0.2) is 0 Å². The minimum atomic E-state index is 0.525. The Balaban J connectivity index is 2.04. The smallest absolute Gasteiger partial charge is 0.0109 e. The van der Waals surface area contributed by atoms with Crippen molar-refractivity contribution in [3.63, 3.8) is 0 Å². The van der Waals surface area contributed by atoms with E-state index >= 15 is 0 Å². The molecule has 0 aromatic carbocycles. The Hall–Kier alpha value is 0.310. The van der Waals surface area contributed by atoms with Gasteiger partial charge in [-0.2, -0.15) is 11.8 Å². The lowest BCUT2D eigenvalue weighted by Gasteiger charge is -2.47. The van der Waals surface area contributed by atoms with Gasteiger partial charge in [0, 0.05) is 11.3 Å². The largest absolute Gasteiger partial charge is 0.316 e. The van der Waals surface area contributed by atoms with E-state index < -0.39 is 0 Å². The Labute approximate surface area is 86.0 Å². The first-order valence-corrected chi connectivity index (χ1v) is 6.45. The highest BCUT2D eigenvalue weighted by Crippen LogP contribution is 2.48. The highest BCUT2D eigenvalue weighted by molar-refractivity contribution is 8.00. The SMILES string of the molecule is CC1(C)CC2(CCCNC2)CCS1. The maximum Gasteiger partial charge on any atom is 0.0109 e. The second-order valence-corrected chi connectivity index (χ2v) is 7.12. The summed E-state index contributed by atoms with van der Waals surface area (Å²) < 4.78 is 0.525. The molecule has 1 spiro atoms. The molecule has 0 aliphatic carbocycles. The van der Waals surface area contributed by atoms with Crippen molar-refractivity contribution >= 4 is 11.8 Å². The minimum Gasteiger partial charge on any atom is -0.316 e. The van der Waals surface area contributed by atoms with Gasteiger partial charge < -0.3 is 5.32 Å². The molecule has 1 unspecified atom stereocenters. The average molecular weight is 199 g/mol. The summed E-state index contributed by atoms with van der Waals surface area (Å²) in [6.07, 6.45) is 5.70. The quantitative estimate of drug-likeness (QED) is 0.644. The summed E-state index contributed by atoms with van der Waals surface area (Å²) in [5.41, 5.74) is 0.660. The summed E-state index contributed by atoms with van der Waals surface area (Å²) in [5, 5.41) is 3.57. The Kier molecular flexibility index (Phi) is 2.63. The average Bonchev–Trinajstić information content (AvgIpc) is 2.03. The van der Waals surface area contributed by atoms with Crippen LogP contribution in [0.4, 0.5) is 0 Å². The number of piperidine rings is 1. The predicted octanol–water partition coefficient (Wildman–Crippen LogP) is 2.66. The molecule has 0 bridgehead atoms. The van der Waals surface area contributed by atoms with Crippen LogP contribution >= 0.6 is 11.8 Å². The van der Waals surface area contributed by atoms with Crippen LogP contribution in [0.15, 0.2) is 0 Å². The molecule has 76 valence electrons. The van der Waals surface area contributed by atoms with Crippen LogP contribution in [0.3, 0.4) is 0 Å². The van der Waals surface area contributed by atoms with E-state index in [0.717, 1.165) is 0 Å². The molecule has 1 N–H and O–H groups in total. The van der Waals surface area contributed by atoms with Crippen molar-refractivity contribution in [3.8, 4) is 0 Å². The molecule has 1 atom stereocenters. The third kappa shape index (κ3) is 2.21. The number of rotatable bonds is 0. The number of hydrogen-bond acceptors (Lipinski definition) is 2. The standard InChI is InChI=1S/C11H21NS/c1-10(2)8-11(5-7-13-10)4-3-6-12-9-11/h12H,3-9H2,1-2H3. The van der Waals surface area contributed by atoms with Crippen LogP contribution in [0.1, 0.15) is 39.5 Å². The van der Waals surface area contributed by atoms with E-state index in [0.29, 0.717) is 10.2 Å². The third-order valence-electron chi connectivity index (χ3n) is 3.49. The summed E-state index contributed by atoms with van der Waals surface area (Å²) in [6, 6.07) is 0. The second kappa shape index (κ2) is 3.47. The highest BCUT2D eigenvalue weighted by Gasteiger charge is 2.40. The lowest BCUT2D eigenvalue weighted by Crippen LogP contribution is -2.46. The molecule has 2 heteroatoms. The van der Waals surface area contributed by atoms with Gasteiger partial charge in [0.05, 0.1) is 0 Å². The molecule has 2 aliphatic rings. The van der Waals surface area contributed by atoms with Crippen molar-refractivity contribution < 1.29 is 0 Å². The summed E-state index contributed by atoms with van der Waals surface area (Å²) in [5.74, 6) is 1.37. The summed E-state index contributed by atoms with van der Waals surface area (Å²) in [4.78, 5) is 0. The molecule has 2 aliphatic heterocycles. The predicted molar refractivity (Wildman–Crippen MR) is 60.3 cm³/mol. The monoisotopic (exact) mass is 199 g/mol. The molecular weight excluding hydrogens is 178 g/mol. The van der Waals surface area contributed by atoms with E-state index in [9.17, 15) is 0 Å². The summed E-state index contributed by atoms with van der Waals surface area (Å²) >= 11 is 2.16. The van der Waals surface area contributed by atoms with Gasteiger partial charge in [0.2, 0.25) is 0 Å². The zero-order valence-corrected chi connectivity index (χ0v) is 9.67. The van der Waals surface area contributed by atoms with Crippen LogP contribution in [-0.4, -0.2) is 23.6 Å². The van der Waals surface area contributed by atoms with Crippen LogP contribution in [0.25, 0.3) is 0 Å². The van der Waals surface area contributed by atoms with Crippen molar-refractivity contribution in [2.75, 3.05) is 18.8 Å². The van der Waals surface area contributed by atoms with Crippen molar-refractivity contribution in [2.45, 2.75) is 44.3 Å². The van der Waals surface area contributed by atoms with E-state index in [4.69, 9.17) is 0 Å². The topological polar surface area (TPSA) is 12.0 Å². The van der Waals surface area contributed by atoms with Gasteiger partial charge in [-0.15, -0.1) is 0 Å². The van der Waals surface area contributed by atoms with Gasteiger partial charge in [-0.1, -0.05) is 13.8 Å². The Morgan fingerprint density at radius 3 is 2.69 bits per heavy atom. The van der Waals surface area contributed by atoms with Crippen LogP contribution in [0, 0.1) is 5.41 Å². The van der Waals surface area contributed by atoms with Gasteiger partial charge in [-0.25, -0.2) is 0 Å². The number of thioether (sulfide) groups is 1. The number of hydrogen-bond donors (Lipinski definition) is 1. The number of nitrogens with one attached hydrogen (secondary N) is 1. The van der Waals surface area contributed by atoms with Crippen LogP contribution in [0.5, 0.6) is 0 Å². The normalized spacial score (nSPS) is 39.2. The van der Waals surface area contributed by atoms with Crippen molar-refractivity contribution in [2.24, 2.45) is 5.41 Å². The fourth-order valence-corrected chi connectivity index (χ4v) is 4.48. The Bertz CT molecular complexity index is 177. The molecular formula is C11H21NS. The fraction of sp³-hybridized carbons (Fsp3) is 1.00. The zero-order valence-electron chi connectivity index (χ0n) is 8.86. The lowest BCUT2D eigenvalue weighted by molar-refractivity contribution is 0.163. The maximum absolute atomic E-state index is 3.57. The Morgan fingerprint density at radius 2 is 2.08 bits per heavy atom. The molecule has 1 nitrogen and oxygen atoms in total. The molecule has 0 saturated carbocycles. The van der Waals surface area contributed by atoms with Gasteiger partial charge in [0.25, 0.3) is 0 Å². The van der Waals surface area contributed by atoms with E-state index in [1.54, 1.807) is 0 Å². The van der Waals surface area contributed by atoms with Crippen molar-refractivity contribution in [1.82, 2.24) is 5.32 Å². The first kappa shape index (κ1) is 9.85. The fourth-order valence-electron chi connectivity index (χ4n) is 2.98. The molecule has 2 fully saturated rings. The van der Waals surface area contributed by atoms with Gasteiger partial charge in [0.1, 0.15) is 0 Å². The molecule has 0 aromatic rings. The molecule has 0 amide bonds. The Morgan fingerprint density at radius 1 is 1.23 bits per heavy atom. The molecule has 13 heavy (non-hydrogen) atoms. The van der Waals surface area contributed by atoms with Crippen LogP contribution in [-0.2, 0) is 0 Å². The molecule has 2 heterocycles.